The monoisotopic (exact) mass is 295 g/mol. The van der Waals surface area contributed by atoms with Crippen LogP contribution in [0.15, 0.2) is 34.0 Å². The summed E-state index contributed by atoms with van der Waals surface area (Å²) >= 11 is 0. The van der Waals surface area contributed by atoms with E-state index in [2.05, 4.69) is 25.5 Å². The van der Waals surface area contributed by atoms with Gasteiger partial charge in [-0.1, -0.05) is 6.07 Å². The lowest BCUT2D eigenvalue weighted by Gasteiger charge is -2.11. The zero-order valence-electron chi connectivity index (χ0n) is 11.9. The molecule has 0 bridgehead atoms. The van der Waals surface area contributed by atoms with Crippen LogP contribution in [0.3, 0.4) is 0 Å². The third-order valence-electron chi connectivity index (χ3n) is 3.58. The number of aromatic nitrogens is 3. The number of fused-ring (bicyclic) bond motifs is 1. The highest BCUT2D eigenvalue weighted by atomic mass is 16.3. The zero-order valence-corrected chi connectivity index (χ0v) is 11.9. The Morgan fingerprint density at radius 2 is 2.14 bits per heavy atom. The van der Waals surface area contributed by atoms with E-state index in [9.17, 15) is 4.79 Å². The number of oxazole rings is 1. The molecule has 1 aliphatic rings. The van der Waals surface area contributed by atoms with Gasteiger partial charge in [-0.3, -0.25) is 4.79 Å². The predicted octanol–water partition coefficient (Wildman–Crippen LogP) is 2.14. The van der Waals surface area contributed by atoms with Gasteiger partial charge in [0.1, 0.15) is 12.0 Å². The average Bonchev–Trinajstić information content (AvgIpc) is 3.13. The van der Waals surface area contributed by atoms with Gasteiger partial charge in [0.25, 0.3) is 0 Å². The van der Waals surface area contributed by atoms with Gasteiger partial charge >= 0.3 is 0 Å². The van der Waals surface area contributed by atoms with Crippen molar-refractivity contribution in [1.82, 2.24) is 20.4 Å². The summed E-state index contributed by atoms with van der Waals surface area (Å²) in [5.41, 5.74) is 6.78. The molecule has 22 heavy (non-hydrogen) atoms. The molecule has 2 N–H and O–H groups in total. The van der Waals surface area contributed by atoms with Crippen LogP contribution in [0.5, 0.6) is 0 Å². The number of nitrogens with one attached hydrogen (secondary N) is 2. The number of amides is 1. The molecule has 4 rings (SSSR count). The molecule has 0 fully saturated rings. The fourth-order valence-electron chi connectivity index (χ4n) is 2.47. The molecule has 7 nitrogen and oxygen atoms in total. The van der Waals surface area contributed by atoms with Crippen molar-refractivity contribution in [1.29, 1.82) is 0 Å². The van der Waals surface area contributed by atoms with Crippen LogP contribution in [0.4, 0.5) is 0 Å². The highest BCUT2D eigenvalue weighted by Gasteiger charge is 2.15. The third kappa shape index (κ3) is 2.16. The smallest absolute Gasteiger partial charge is 0.240 e. The molecule has 0 atom stereocenters. The maximum atomic E-state index is 11.2. The lowest BCUT2D eigenvalue weighted by molar-refractivity contribution is -0.121. The number of carbonyl (C=O) groups excluding carboxylic acids is 1. The van der Waals surface area contributed by atoms with Crippen molar-refractivity contribution >= 4 is 22.7 Å². The van der Waals surface area contributed by atoms with Crippen LogP contribution in [-0.2, 0) is 4.79 Å². The van der Waals surface area contributed by atoms with Crippen molar-refractivity contribution in [3.05, 3.63) is 35.9 Å². The van der Waals surface area contributed by atoms with E-state index in [-0.39, 0.29) is 5.91 Å². The summed E-state index contributed by atoms with van der Waals surface area (Å²) in [7, 11) is 0. The molecule has 1 aromatic carbocycles. The van der Waals surface area contributed by atoms with Gasteiger partial charge in [-0.25, -0.2) is 15.4 Å². The molecule has 0 unspecified atom stereocenters. The Labute approximate surface area is 125 Å². The van der Waals surface area contributed by atoms with Crippen molar-refractivity contribution < 1.29 is 9.21 Å². The molecule has 0 radical (unpaired) electrons. The third-order valence-corrected chi connectivity index (χ3v) is 3.58. The Kier molecular flexibility index (Phi) is 2.78. The number of benzene rings is 1. The van der Waals surface area contributed by atoms with Crippen LogP contribution in [0.2, 0.25) is 0 Å². The van der Waals surface area contributed by atoms with E-state index in [1.807, 2.05) is 18.2 Å². The van der Waals surface area contributed by atoms with E-state index in [0.29, 0.717) is 30.3 Å². The maximum Gasteiger partial charge on any atom is 0.240 e. The van der Waals surface area contributed by atoms with Gasteiger partial charge in [0.05, 0.1) is 16.7 Å². The normalized spacial score (nSPS) is 15.0. The van der Waals surface area contributed by atoms with Gasteiger partial charge in [0.2, 0.25) is 5.91 Å². The van der Waals surface area contributed by atoms with Crippen molar-refractivity contribution in [2.75, 3.05) is 0 Å². The van der Waals surface area contributed by atoms with E-state index in [1.54, 1.807) is 13.2 Å². The Bertz CT molecular complexity index is 906. The molecule has 0 saturated heterocycles. The minimum absolute atomic E-state index is 0.0462. The van der Waals surface area contributed by atoms with E-state index in [0.717, 1.165) is 22.3 Å². The molecular formula is C15H13N5O2. The molecule has 3 heterocycles. The molecule has 1 aliphatic heterocycles. The first-order valence-corrected chi connectivity index (χ1v) is 6.97. The summed E-state index contributed by atoms with van der Waals surface area (Å²) in [6.07, 6.45) is 2.68. The first kappa shape index (κ1) is 12.8. The lowest BCUT2D eigenvalue weighted by Crippen LogP contribution is -2.25. The second-order valence-corrected chi connectivity index (χ2v) is 5.16. The fraction of sp³-hybridized carbons (Fsp3) is 0.200. The van der Waals surface area contributed by atoms with Crippen molar-refractivity contribution in [2.24, 2.45) is 5.10 Å². The summed E-state index contributed by atoms with van der Waals surface area (Å²) in [5.74, 6) is 1.22. The average molecular weight is 295 g/mol. The molecule has 2 aromatic heterocycles. The second-order valence-electron chi connectivity index (χ2n) is 5.16. The highest BCUT2D eigenvalue weighted by Crippen LogP contribution is 2.22. The molecule has 0 saturated carbocycles. The van der Waals surface area contributed by atoms with Crippen LogP contribution in [0.1, 0.15) is 24.3 Å². The summed E-state index contributed by atoms with van der Waals surface area (Å²) in [4.78, 5) is 23.2. The first-order valence-electron chi connectivity index (χ1n) is 6.97. The second kappa shape index (κ2) is 4.80. The van der Waals surface area contributed by atoms with Gasteiger partial charge in [-0.05, 0) is 17.7 Å². The number of nitrogens with zero attached hydrogens (tertiary/aromatic N) is 3. The number of aryl methyl sites for hydroxylation is 1. The summed E-state index contributed by atoms with van der Waals surface area (Å²) < 4.78 is 5.21. The lowest BCUT2D eigenvalue weighted by atomic mass is 10.0. The van der Waals surface area contributed by atoms with Gasteiger partial charge in [-0.2, -0.15) is 5.10 Å². The molecule has 3 aromatic rings. The number of H-pyrrole nitrogens is 1. The number of hydrogen-bond donors (Lipinski definition) is 2. The summed E-state index contributed by atoms with van der Waals surface area (Å²) in [5, 5.41) is 4.11. The molecule has 7 heteroatoms. The van der Waals surface area contributed by atoms with E-state index in [4.69, 9.17) is 4.42 Å². The number of hydrazone groups is 1. The Morgan fingerprint density at radius 1 is 1.23 bits per heavy atom. The van der Waals surface area contributed by atoms with E-state index < -0.39 is 0 Å². The quantitative estimate of drug-likeness (QED) is 0.757. The standard InChI is InChI=1S/C15H13N5O2/c1-8-16-13(7-22-8)15-17-11-3-2-9(6-12(11)18-15)10-4-5-14(21)20-19-10/h2-3,6-7H,4-5H2,1H3,(H,17,18)(H,20,21). The minimum atomic E-state index is -0.0462. The van der Waals surface area contributed by atoms with Crippen LogP contribution in [-0.4, -0.2) is 26.6 Å². The van der Waals surface area contributed by atoms with Crippen LogP contribution in [0, 0.1) is 6.92 Å². The first-order chi connectivity index (χ1) is 10.7. The van der Waals surface area contributed by atoms with E-state index in [1.165, 1.54) is 0 Å². The molecule has 0 aliphatic carbocycles. The zero-order chi connectivity index (χ0) is 15.1. The number of carbonyl (C=O) groups is 1. The summed E-state index contributed by atoms with van der Waals surface area (Å²) in [6.45, 7) is 1.79. The van der Waals surface area contributed by atoms with Gasteiger partial charge < -0.3 is 9.40 Å². The fourth-order valence-corrected chi connectivity index (χ4v) is 2.47. The Morgan fingerprint density at radius 3 is 2.86 bits per heavy atom. The molecule has 0 spiro atoms. The minimum Gasteiger partial charge on any atom is -0.449 e. The number of aromatic amines is 1. The van der Waals surface area contributed by atoms with Crippen molar-refractivity contribution in [3.8, 4) is 11.5 Å². The van der Waals surface area contributed by atoms with Crippen molar-refractivity contribution in [3.63, 3.8) is 0 Å². The SMILES string of the molecule is Cc1nc(-c2nc3ccc(C4=NNC(=O)CC4)cc3[nH]2)co1. The Balaban J connectivity index is 1.73. The van der Waals surface area contributed by atoms with Crippen LogP contribution in [0.25, 0.3) is 22.6 Å². The van der Waals surface area contributed by atoms with Crippen molar-refractivity contribution in [2.45, 2.75) is 19.8 Å². The maximum absolute atomic E-state index is 11.2. The molecular weight excluding hydrogens is 282 g/mol. The van der Waals surface area contributed by atoms with Gasteiger partial charge in [-0.15, -0.1) is 0 Å². The predicted molar refractivity (Wildman–Crippen MR) is 80.2 cm³/mol. The largest absolute Gasteiger partial charge is 0.449 e. The van der Waals surface area contributed by atoms with E-state index >= 15 is 0 Å². The molecule has 1 amide bonds. The van der Waals surface area contributed by atoms with Crippen LogP contribution >= 0.6 is 0 Å². The highest BCUT2D eigenvalue weighted by molar-refractivity contribution is 6.05. The number of imidazole rings is 1. The number of hydrogen-bond acceptors (Lipinski definition) is 5. The summed E-state index contributed by atoms with van der Waals surface area (Å²) in [6, 6.07) is 5.86. The van der Waals surface area contributed by atoms with Gasteiger partial charge in [0, 0.05) is 19.8 Å². The molecule has 110 valence electrons. The van der Waals surface area contributed by atoms with Crippen LogP contribution < -0.4 is 5.43 Å². The Hall–Kier alpha value is -2.96. The van der Waals surface area contributed by atoms with Gasteiger partial charge in [0.15, 0.2) is 11.7 Å². The topological polar surface area (TPSA) is 96.2 Å². The number of rotatable bonds is 2.